The Kier molecular flexibility index (Phi) is 10.8. The van der Waals surface area contributed by atoms with Gasteiger partial charge < -0.3 is 4.52 Å². The number of benzene rings is 3. The van der Waals surface area contributed by atoms with Crippen LogP contribution in [0.2, 0.25) is 0 Å². The Morgan fingerprint density at radius 3 is 1.44 bits per heavy atom. The largest absolute Gasteiger partial charge is 0.464 e. The van der Waals surface area contributed by atoms with Gasteiger partial charge >= 0.3 is 0 Å². The van der Waals surface area contributed by atoms with Crippen LogP contribution in [-0.2, 0) is 12.8 Å². The third-order valence-corrected chi connectivity index (χ3v) is 7.85. The zero-order valence-electron chi connectivity index (χ0n) is 19.9. The van der Waals surface area contributed by atoms with Crippen LogP contribution in [-0.4, -0.2) is 0 Å². The lowest BCUT2D eigenvalue weighted by Gasteiger charge is -2.20. The summed E-state index contributed by atoms with van der Waals surface area (Å²) in [6.45, 7) is 4.53. The Morgan fingerprint density at radius 1 is 0.531 bits per heavy atom. The van der Waals surface area contributed by atoms with Gasteiger partial charge in [0.25, 0.3) is 0 Å². The molecule has 32 heavy (non-hydrogen) atoms. The van der Waals surface area contributed by atoms with Crippen molar-refractivity contribution >= 4 is 18.8 Å². The number of para-hydroxylation sites is 1. The van der Waals surface area contributed by atoms with Crippen molar-refractivity contribution < 1.29 is 4.52 Å². The molecule has 1 nitrogen and oxygen atoms in total. The number of hydrogen-bond donors (Lipinski definition) is 0. The second kappa shape index (κ2) is 14.1. The normalized spacial score (nSPS) is 11.1. The van der Waals surface area contributed by atoms with E-state index in [0.717, 1.165) is 5.75 Å². The molecule has 2 heteroatoms. The molecule has 3 rings (SSSR count). The van der Waals surface area contributed by atoms with Gasteiger partial charge in [-0.05, 0) is 48.9 Å². The molecule has 0 saturated carbocycles. The van der Waals surface area contributed by atoms with Crippen LogP contribution in [0.5, 0.6) is 5.75 Å². The molecule has 0 aromatic heterocycles. The monoisotopic (exact) mass is 446 g/mol. The third kappa shape index (κ3) is 8.10. The molecular formula is C30H39OP. The first-order valence-corrected chi connectivity index (χ1v) is 13.8. The van der Waals surface area contributed by atoms with E-state index in [4.69, 9.17) is 4.52 Å². The molecule has 0 atom stereocenters. The first kappa shape index (κ1) is 24.5. The Labute approximate surface area is 197 Å². The van der Waals surface area contributed by atoms with Crippen LogP contribution in [0.3, 0.4) is 0 Å². The molecule has 0 bridgehead atoms. The van der Waals surface area contributed by atoms with Crippen LogP contribution in [0.4, 0.5) is 0 Å². The highest BCUT2D eigenvalue weighted by molar-refractivity contribution is 7.68. The average molecular weight is 447 g/mol. The lowest BCUT2D eigenvalue weighted by Crippen LogP contribution is -2.16. The fraction of sp³-hybridized carbons (Fsp3) is 0.400. The molecule has 3 aromatic carbocycles. The van der Waals surface area contributed by atoms with E-state index in [9.17, 15) is 0 Å². The van der Waals surface area contributed by atoms with Crippen molar-refractivity contribution in [3.05, 3.63) is 90.0 Å². The summed E-state index contributed by atoms with van der Waals surface area (Å²) in [6, 6.07) is 28.5. The molecule has 0 amide bonds. The predicted octanol–water partition coefficient (Wildman–Crippen LogP) is 8.36. The topological polar surface area (TPSA) is 9.23 Å². The molecule has 0 fully saturated rings. The van der Waals surface area contributed by atoms with Gasteiger partial charge in [-0.1, -0.05) is 119 Å². The summed E-state index contributed by atoms with van der Waals surface area (Å²) in [6.07, 6.45) is 12.8. The van der Waals surface area contributed by atoms with Crippen molar-refractivity contribution in [3.8, 4) is 5.75 Å². The minimum atomic E-state index is -0.889. The van der Waals surface area contributed by atoms with Crippen LogP contribution in [0, 0.1) is 0 Å². The van der Waals surface area contributed by atoms with Gasteiger partial charge in [0.15, 0.2) is 8.15 Å². The third-order valence-electron chi connectivity index (χ3n) is 5.92. The van der Waals surface area contributed by atoms with E-state index in [1.807, 2.05) is 18.2 Å². The fourth-order valence-corrected chi connectivity index (χ4v) is 5.63. The van der Waals surface area contributed by atoms with Crippen molar-refractivity contribution in [3.63, 3.8) is 0 Å². The Bertz CT molecular complexity index is 815. The first-order chi connectivity index (χ1) is 15.8. The molecule has 0 heterocycles. The summed E-state index contributed by atoms with van der Waals surface area (Å²) in [7, 11) is -0.889. The smallest absolute Gasteiger partial charge is 0.150 e. The maximum Gasteiger partial charge on any atom is 0.150 e. The van der Waals surface area contributed by atoms with E-state index in [1.165, 1.54) is 85.9 Å². The van der Waals surface area contributed by atoms with Gasteiger partial charge in [0.1, 0.15) is 5.75 Å². The second-order valence-corrected chi connectivity index (χ2v) is 10.5. The molecule has 170 valence electrons. The Morgan fingerprint density at radius 2 is 1.00 bits per heavy atom. The van der Waals surface area contributed by atoms with E-state index in [2.05, 4.69) is 74.5 Å². The maximum atomic E-state index is 6.56. The van der Waals surface area contributed by atoms with Gasteiger partial charge in [-0.25, -0.2) is 0 Å². The molecule has 0 saturated heterocycles. The summed E-state index contributed by atoms with van der Waals surface area (Å²) >= 11 is 0. The summed E-state index contributed by atoms with van der Waals surface area (Å²) < 4.78 is 6.56. The van der Waals surface area contributed by atoms with Crippen LogP contribution in [0.15, 0.2) is 78.9 Å². The van der Waals surface area contributed by atoms with Crippen molar-refractivity contribution in [1.82, 2.24) is 0 Å². The number of rotatable bonds is 14. The maximum absolute atomic E-state index is 6.56. The second-order valence-electron chi connectivity index (χ2n) is 8.65. The van der Waals surface area contributed by atoms with Gasteiger partial charge in [0.05, 0.1) is 0 Å². The minimum Gasteiger partial charge on any atom is -0.464 e. The zero-order chi connectivity index (χ0) is 22.4. The van der Waals surface area contributed by atoms with Gasteiger partial charge in [0, 0.05) is 10.6 Å². The van der Waals surface area contributed by atoms with Crippen molar-refractivity contribution in [2.75, 3.05) is 0 Å². The van der Waals surface area contributed by atoms with Gasteiger partial charge in [0.2, 0.25) is 0 Å². The summed E-state index contributed by atoms with van der Waals surface area (Å²) in [5, 5.41) is 2.55. The Balaban J connectivity index is 1.72. The lowest BCUT2D eigenvalue weighted by atomic mass is 10.1. The highest BCUT2D eigenvalue weighted by Gasteiger charge is 2.17. The van der Waals surface area contributed by atoms with E-state index in [0.29, 0.717) is 0 Å². The van der Waals surface area contributed by atoms with Crippen LogP contribution < -0.4 is 15.1 Å². The molecule has 0 aliphatic carbocycles. The van der Waals surface area contributed by atoms with Crippen molar-refractivity contribution in [2.45, 2.75) is 78.1 Å². The highest BCUT2D eigenvalue weighted by Crippen LogP contribution is 2.36. The van der Waals surface area contributed by atoms with E-state index >= 15 is 0 Å². The van der Waals surface area contributed by atoms with E-state index < -0.39 is 8.15 Å². The van der Waals surface area contributed by atoms with Gasteiger partial charge in [-0.3, -0.25) is 0 Å². The molecule has 0 aliphatic heterocycles. The molecule has 3 aromatic rings. The van der Waals surface area contributed by atoms with Crippen LogP contribution >= 0.6 is 8.15 Å². The summed E-state index contributed by atoms with van der Waals surface area (Å²) in [4.78, 5) is 0. The molecule has 0 radical (unpaired) electrons. The van der Waals surface area contributed by atoms with Crippen LogP contribution in [0.1, 0.15) is 76.3 Å². The first-order valence-electron chi connectivity index (χ1n) is 12.5. The summed E-state index contributed by atoms with van der Waals surface area (Å²) in [5.74, 6) is 0.936. The number of unbranched alkanes of at least 4 members (excludes halogenated alkanes) is 6. The van der Waals surface area contributed by atoms with Crippen molar-refractivity contribution in [1.29, 1.82) is 0 Å². The standard InChI is InChI=1S/C30H39OP/c1-3-5-7-10-14-26-18-22-29(23-19-26)32(31-28-16-12-9-13-17-28)30-24-20-27(21-25-30)15-11-8-6-4-2/h9,12-13,16-25H,3-8,10-11,14-15H2,1-2H3. The molecule has 0 spiro atoms. The quantitative estimate of drug-likeness (QED) is 0.178. The SMILES string of the molecule is CCCCCCc1ccc(P(Oc2ccccc2)c2ccc(CCCCCC)cc2)cc1. The molecule has 0 N–H and O–H groups in total. The van der Waals surface area contributed by atoms with E-state index in [-0.39, 0.29) is 0 Å². The predicted molar refractivity (Wildman–Crippen MR) is 142 cm³/mol. The number of hydrogen-bond acceptors (Lipinski definition) is 1. The summed E-state index contributed by atoms with van der Waals surface area (Å²) in [5.41, 5.74) is 2.86. The van der Waals surface area contributed by atoms with Gasteiger partial charge in [-0.2, -0.15) is 0 Å². The number of aryl methyl sites for hydroxylation is 2. The lowest BCUT2D eigenvalue weighted by molar-refractivity contribution is 0.630. The minimum absolute atomic E-state index is 0.889. The van der Waals surface area contributed by atoms with Crippen LogP contribution in [0.25, 0.3) is 0 Å². The molecule has 0 aliphatic rings. The molecule has 0 unspecified atom stereocenters. The van der Waals surface area contributed by atoms with E-state index in [1.54, 1.807) is 0 Å². The highest BCUT2D eigenvalue weighted by atomic mass is 31.1. The molecular weight excluding hydrogens is 407 g/mol. The van der Waals surface area contributed by atoms with Gasteiger partial charge in [-0.15, -0.1) is 0 Å². The zero-order valence-corrected chi connectivity index (χ0v) is 20.8. The fourth-order valence-electron chi connectivity index (χ4n) is 3.95. The average Bonchev–Trinajstić information content (AvgIpc) is 2.85. The Hall–Kier alpha value is -2.11. The van der Waals surface area contributed by atoms with Crippen molar-refractivity contribution in [2.24, 2.45) is 0 Å².